The van der Waals surface area contributed by atoms with Gasteiger partial charge in [0.05, 0.1) is 13.2 Å². The van der Waals surface area contributed by atoms with Crippen molar-refractivity contribution in [1.29, 1.82) is 0 Å². The third-order valence-corrected chi connectivity index (χ3v) is 5.10. The van der Waals surface area contributed by atoms with Crippen molar-refractivity contribution in [2.75, 3.05) is 13.2 Å². The van der Waals surface area contributed by atoms with Crippen LogP contribution in [0.5, 0.6) is 0 Å². The molecule has 2 aromatic rings. The normalized spacial score (nSPS) is 10.8. The molecule has 0 aliphatic rings. The molecule has 0 amide bonds. The molecule has 154 valence electrons. The summed E-state index contributed by atoms with van der Waals surface area (Å²) in [5.41, 5.74) is 1.95. The van der Waals surface area contributed by atoms with E-state index in [2.05, 4.69) is 11.8 Å². The van der Waals surface area contributed by atoms with E-state index in [0.717, 1.165) is 16.8 Å². The Bertz CT molecular complexity index is 898. The number of benzene rings is 1. The Kier molecular flexibility index (Phi) is 7.67. The van der Waals surface area contributed by atoms with Crippen LogP contribution in [0.15, 0.2) is 36.5 Å². The summed E-state index contributed by atoms with van der Waals surface area (Å²) in [5.74, 6) is 4.46. The quantitative estimate of drug-likeness (QED) is 0.386. The molecule has 0 N–H and O–H groups in total. The Labute approximate surface area is 173 Å². The van der Waals surface area contributed by atoms with E-state index in [-0.39, 0.29) is 19.6 Å². The van der Waals surface area contributed by atoms with Crippen molar-refractivity contribution < 1.29 is 19.1 Å². The molecule has 0 spiro atoms. The SMILES string of the molecule is CC#CCC(C(=O)OCC)(C(=O)OCC)c1cn(Cc2ccccc2)c(C)c1C. The van der Waals surface area contributed by atoms with Gasteiger partial charge in [0, 0.05) is 30.4 Å². The van der Waals surface area contributed by atoms with Crippen LogP contribution in [-0.4, -0.2) is 29.7 Å². The number of carbonyl (C=O) groups excluding carboxylic acids is 2. The van der Waals surface area contributed by atoms with Gasteiger partial charge in [-0.3, -0.25) is 9.59 Å². The molecule has 29 heavy (non-hydrogen) atoms. The monoisotopic (exact) mass is 395 g/mol. The van der Waals surface area contributed by atoms with Crippen LogP contribution < -0.4 is 0 Å². The Morgan fingerprint density at radius 3 is 2.14 bits per heavy atom. The van der Waals surface area contributed by atoms with Gasteiger partial charge >= 0.3 is 11.9 Å². The molecule has 0 unspecified atom stereocenters. The van der Waals surface area contributed by atoms with E-state index in [0.29, 0.717) is 12.1 Å². The van der Waals surface area contributed by atoms with Gasteiger partial charge in [-0.05, 0) is 45.7 Å². The van der Waals surface area contributed by atoms with Crippen molar-refractivity contribution in [3.8, 4) is 11.8 Å². The summed E-state index contributed by atoms with van der Waals surface area (Å²) in [6, 6.07) is 10.0. The average molecular weight is 395 g/mol. The predicted octanol–water partition coefficient (Wildman–Crippen LogP) is 3.93. The fourth-order valence-electron chi connectivity index (χ4n) is 3.41. The Balaban J connectivity index is 2.65. The van der Waals surface area contributed by atoms with E-state index in [1.54, 1.807) is 20.8 Å². The lowest BCUT2D eigenvalue weighted by Crippen LogP contribution is -2.46. The number of nitrogens with zero attached hydrogens (tertiary/aromatic N) is 1. The van der Waals surface area contributed by atoms with Gasteiger partial charge in [-0.25, -0.2) is 0 Å². The first-order valence-corrected chi connectivity index (χ1v) is 9.87. The number of aromatic nitrogens is 1. The van der Waals surface area contributed by atoms with E-state index in [1.165, 1.54) is 0 Å². The second kappa shape index (κ2) is 9.97. The minimum atomic E-state index is -1.61. The van der Waals surface area contributed by atoms with Crippen LogP contribution in [0, 0.1) is 25.7 Å². The topological polar surface area (TPSA) is 57.5 Å². The molecule has 0 aliphatic carbocycles. The number of hydrogen-bond acceptors (Lipinski definition) is 4. The standard InChI is InChI=1S/C24H29NO4/c1-6-9-15-24(22(26)28-7-2,23(27)29-8-3)21-17-25(19(5)18(21)4)16-20-13-11-10-12-14-20/h10-14,17H,7-8,15-16H2,1-5H3. The Morgan fingerprint density at radius 1 is 1.03 bits per heavy atom. The van der Waals surface area contributed by atoms with E-state index in [9.17, 15) is 9.59 Å². The van der Waals surface area contributed by atoms with Crippen molar-refractivity contribution in [2.24, 2.45) is 0 Å². The van der Waals surface area contributed by atoms with Crippen LogP contribution >= 0.6 is 0 Å². The molecular formula is C24H29NO4. The van der Waals surface area contributed by atoms with E-state index in [4.69, 9.17) is 9.47 Å². The molecule has 1 aromatic carbocycles. The zero-order valence-electron chi connectivity index (χ0n) is 17.9. The molecule has 0 atom stereocenters. The number of ether oxygens (including phenoxy) is 2. The highest BCUT2D eigenvalue weighted by Crippen LogP contribution is 2.36. The van der Waals surface area contributed by atoms with E-state index in [1.807, 2.05) is 54.9 Å². The number of carbonyl (C=O) groups is 2. The minimum absolute atomic E-state index is 0.0107. The lowest BCUT2D eigenvalue weighted by atomic mass is 9.77. The molecule has 2 rings (SSSR count). The van der Waals surface area contributed by atoms with Crippen LogP contribution in [0.2, 0.25) is 0 Å². The zero-order chi connectivity index (χ0) is 21.4. The first-order valence-electron chi connectivity index (χ1n) is 9.87. The van der Waals surface area contributed by atoms with Crippen molar-refractivity contribution in [2.45, 2.75) is 53.0 Å². The molecule has 5 heteroatoms. The fourth-order valence-corrected chi connectivity index (χ4v) is 3.41. The van der Waals surface area contributed by atoms with Gasteiger partial charge in [-0.2, -0.15) is 0 Å². The molecular weight excluding hydrogens is 366 g/mol. The molecule has 5 nitrogen and oxygen atoms in total. The second-order valence-electron chi connectivity index (χ2n) is 6.82. The molecule has 1 heterocycles. The maximum atomic E-state index is 13.1. The van der Waals surface area contributed by atoms with Gasteiger partial charge in [0.2, 0.25) is 5.41 Å². The van der Waals surface area contributed by atoms with E-state index < -0.39 is 17.4 Å². The molecule has 0 aliphatic heterocycles. The van der Waals surface area contributed by atoms with Crippen LogP contribution in [-0.2, 0) is 31.0 Å². The molecule has 0 saturated carbocycles. The van der Waals surface area contributed by atoms with E-state index >= 15 is 0 Å². The van der Waals surface area contributed by atoms with Crippen LogP contribution in [0.3, 0.4) is 0 Å². The van der Waals surface area contributed by atoms with Crippen LogP contribution in [0.1, 0.15) is 49.6 Å². The van der Waals surface area contributed by atoms with Crippen molar-refractivity contribution in [3.05, 3.63) is 58.9 Å². The summed E-state index contributed by atoms with van der Waals surface area (Å²) >= 11 is 0. The van der Waals surface area contributed by atoms with Crippen molar-refractivity contribution in [3.63, 3.8) is 0 Å². The molecule has 0 bridgehead atoms. The van der Waals surface area contributed by atoms with Gasteiger partial charge in [0.25, 0.3) is 0 Å². The summed E-state index contributed by atoms with van der Waals surface area (Å²) < 4.78 is 12.7. The number of hydrogen-bond donors (Lipinski definition) is 0. The number of rotatable bonds is 8. The summed E-state index contributed by atoms with van der Waals surface area (Å²) in [4.78, 5) is 26.2. The largest absolute Gasteiger partial charge is 0.465 e. The first kappa shape index (κ1) is 22.3. The number of esters is 2. The van der Waals surface area contributed by atoms with Crippen LogP contribution in [0.4, 0.5) is 0 Å². The molecule has 0 fully saturated rings. The Hall–Kier alpha value is -3.00. The van der Waals surface area contributed by atoms with Gasteiger partial charge in [-0.1, -0.05) is 30.3 Å². The molecule has 0 saturated heterocycles. The third kappa shape index (κ3) is 4.54. The molecule has 0 radical (unpaired) electrons. The van der Waals surface area contributed by atoms with Gasteiger partial charge in [0.15, 0.2) is 0 Å². The minimum Gasteiger partial charge on any atom is -0.465 e. The van der Waals surface area contributed by atoms with Gasteiger partial charge in [-0.15, -0.1) is 11.8 Å². The highest BCUT2D eigenvalue weighted by Gasteiger charge is 2.52. The smallest absolute Gasteiger partial charge is 0.329 e. The summed E-state index contributed by atoms with van der Waals surface area (Å²) in [6.45, 7) is 9.99. The second-order valence-corrected chi connectivity index (χ2v) is 6.82. The highest BCUT2D eigenvalue weighted by atomic mass is 16.6. The van der Waals surface area contributed by atoms with Crippen molar-refractivity contribution >= 4 is 11.9 Å². The van der Waals surface area contributed by atoms with Gasteiger partial charge < -0.3 is 14.0 Å². The average Bonchev–Trinajstić information content (AvgIpc) is 2.99. The zero-order valence-corrected chi connectivity index (χ0v) is 17.9. The lowest BCUT2D eigenvalue weighted by molar-refractivity contribution is -0.164. The van der Waals surface area contributed by atoms with Gasteiger partial charge in [0.1, 0.15) is 0 Å². The fraction of sp³-hybridized carbons (Fsp3) is 0.417. The maximum absolute atomic E-state index is 13.1. The first-order chi connectivity index (χ1) is 13.9. The van der Waals surface area contributed by atoms with Crippen molar-refractivity contribution in [1.82, 2.24) is 4.57 Å². The predicted molar refractivity (Wildman–Crippen MR) is 112 cm³/mol. The third-order valence-electron chi connectivity index (χ3n) is 5.10. The summed E-state index contributed by atoms with van der Waals surface area (Å²) in [6.07, 6.45) is 1.87. The lowest BCUT2D eigenvalue weighted by Gasteiger charge is -2.27. The Morgan fingerprint density at radius 2 is 1.62 bits per heavy atom. The maximum Gasteiger partial charge on any atom is 0.329 e. The van der Waals surface area contributed by atoms with Crippen LogP contribution in [0.25, 0.3) is 0 Å². The molecule has 1 aromatic heterocycles. The summed E-state index contributed by atoms with van der Waals surface area (Å²) in [5, 5.41) is 0. The summed E-state index contributed by atoms with van der Waals surface area (Å²) in [7, 11) is 0. The highest BCUT2D eigenvalue weighted by molar-refractivity contribution is 6.07.